The predicted octanol–water partition coefficient (Wildman–Crippen LogP) is 0.936. The molecule has 2 aliphatic rings. The fourth-order valence-corrected chi connectivity index (χ4v) is 3.89. The maximum atomic E-state index is 12.7. The first-order valence-corrected chi connectivity index (χ1v) is 8.90. The lowest BCUT2D eigenvalue weighted by Gasteiger charge is -2.31. The van der Waals surface area contributed by atoms with Crippen LogP contribution in [0.5, 0.6) is 0 Å². The van der Waals surface area contributed by atoms with Gasteiger partial charge in [-0.3, -0.25) is 4.79 Å². The number of aromatic nitrogens is 1. The van der Waals surface area contributed by atoms with Gasteiger partial charge in [0.15, 0.2) is 5.13 Å². The maximum Gasteiger partial charge on any atom is 0.239 e. The second kappa shape index (κ2) is 7.39. The van der Waals surface area contributed by atoms with E-state index in [2.05, 4.69) is 9.88 Å². The number of amides is 1. The number of ether oxygens (including phenoxy) is 1. The van der Waals surface area contributed by atoms with E-state index in [1.165, 1.54) is 0 Å². The second-order valence-electron chi connectivity index (χ2n) is 5.96. The molecule has 3 heterocycles. The predicted molar refractivity (Wildman–Crippen MR) is 87.0 cm³/mol. The van der Waals surface area contributed by atoms with Crippen LogP contribution in [0.4, 0.5) is 5.13 Å². The SMILES string of the molecule is NC(C(=O)N1CCCN(c2nccs2)CC1)C1CCOCC1. The zero-order valence-electron chi connectivity index (χ0n) is 12.8. The van der Waals surface area contributed by atoms with E-state index in [0.29, 0.717) is 0 Å². The summed E-state index contributed by atoms with van der Waals surface area (Å²) in [6.45, 7) is 4.75. The monoisotopic (exact) mass is 324 g/mol. The highest BCUT2D eigenvalue weighted by Gasteiger charge is 2.30. The Hall–Kier alpha value is -1.18. The van der Waals surface area contributed by atoms with Gasteiger partial charge in [0.1, 0.15) is 0 Å². The smallest absolute Gasteiger partial charge is 0.239 e. The summed E-state index contributed by atoms with van der Waals surface area (Å²) in [5, 5.41) is 3.03. The van der Waals surface area contributed by atoms with Crippen molar-refractivity contribution in [2.45, 2.75) is 25.3 Å². The van der Waals surface area contributed by atoms with Crippen LogP contribution in [-0.4, -0.2) is 61.2 Å². The molecular formula is C15H24N4O2S. The van der Waals surface area contributed by atoms with Gasteiger partial charge in [0.2, 0.25) is 5.91 Å². The number of thiazole rings is 1. The fourth-order valence-electron chi connectivity index (χ4n) is 3.19. The van der Waals surface area contributed by atoms with Crippen LogP contribution in [0.15, 0.2) is 11.6 Å². The van der Waals surface area contributed by atoms with Crippen LogP contribution in [0.1, 0.15) is 19.3 Å². The van der Waals surface area contributed by atoms with Gasteiger partial charge in [-0.05, 0) is 25.2 Å². The summed E-state index contributed by atoms with van der Waals surface area (Å²) in [4.78, 5) is 21.2. The minimum Gasteiger partial charge on any atom is -0.381 e. The number of carbonyl (C=O) groups excluding carboxylic acids is 1. The number of rotatable bonds is 3. The lowest BCUT2D eigenvalue weighted by atomic mass is 9.91. The van der Waals surface area contributed by atoms with Crippen LogP contribution >= 0.6 is 11.3 Å². The van der Waals surface area contributed by atoms with E-state index in [-0.39, 0.29) is 17.9 Å². The van der Waals surface area contributed by atoms with Crippen molar-refractivity contribution in [3.63, 3.8) is 0 Å². The Bertz CT molecular complexity index is 476. The van der Waals surface area contributed by atoms with Gasteiger partial charge in [-0.15, -0.1) is 11.3 Å². The minimum atomic E-state index is -0.379. The van der Waals surface area contributed by atoms with E-state index in [0.717, 1.165) is 63.8 Å². The molecule has 0 saturated carbocycles. The molecule has 2 N–H and O–H groups in total. The quantitative estimate of drug-likeness (QED) is 0.896. The largest absolute Gasteiger partial charge is 0.381 e. The van der Waals surface area contributed by atoms with Crippen LogP contribution < -0.4 is 10.6 Å². The first-order valence-electron chi connectivity index (χ1n) is 8.02. The molecule has 2 saturated heterocycles. The molecule has 1 atom stereocenters. The number of carbonyl (C=O) groups is 1. The Balaban J connectivity index is 1.56. The Morgan fingerprint density at radius 3 is 2.86 bits per heavy atom. The fraction of sp³-hybridized carbons (Fsp3) is 0.733. The molecule has 2 fully saturated rings. The van der Waals surface area contributed by atoms with Crippen molar-refractivity contribution in [3.05, 3.63) is 11.6 Å². The van der Waals surface area contributed by atoms with Gasteiger partial charge in [-0.2, -0.15) is 0 Å². The van der Waals surface area contributed by atoms with E-state index in [1.54, 1.807) is 11.3 Å². The van der Waals surface area contributed by atoms with E-state index in [1.807, 2.05) is 16.5 Å². The van der Waals surface area contributed by atoms with E-state index < -0.39 is 0 Å². The third-order valence-corrected chi connectivity index (χ3v) is 5.39. The normalized spacial score (nSPS) is 22.4. The average Bonchev–Trinajstić information content (AvgIpc) is 2.99. The van der Waals surface area contributed by atoms with Crippen molar-refractivity contribution in [1.29, 1.82) is 0 Å². The molecule has 0 aliphatic carbocycles. The lowest BCUT2D eigenvalue weighted by Crippen LogP contribution is -2.50. The van der Waals surface area contributed by atoms with E-state index in [4.69, 9.17) is 10.5 Å². The van der Waals surface area contributed by atoms with Gasteiger partial charge < -0.3 is 20.3 Å². The van der Waals surface area contributed by atoms with Gasteiger partial charge in [0.05, 0.1) is 6.04 Å². The highest BCUT2D eigenvalue weighted by molar-refractivity contribution is 7.13. The van der Waals surface area contributed by atoms with Crippen molar-refractivity contribution >= 4 is 22.4 Å². The third kappa shape index (κ3) is 3.59. The molecule has 122 valence electrons. The van der Waals surface area contributed by atoms with Gasteiger partial charge in [0, 0.05) is 51.0 Å². The summed E-state index contributed by atoms with van der Waals surface area (Å²) in [5.41, 5.74) is 6.23. The van der Waals surface area contributed by atoms with E-state index in [9.17, 15) is 4.79 Å². The van der Waals surface area contributed by atoms with Gasteiger partial charge >= 0.3 is 0 Å². The standard InChI is InChI=1S/C15H24N4O2S/c16-13(12-2-9-21-10-3-12)14(20)18-5-1-6-19(8-7-18)15-17-4-11-22-15/h4,11-13H,1-3,5-10,16H2. The average molecular weight is 324 g/mol. The molecule has 22 heavy (non-hydrogen) atoms. The molecule has 0 spiro atoms. The molecule has 1 unspecified atom stereocenters. The van der Waals surface area contributed by atoms with Gasteiger partial charge in [-0.25, -0.2) is 4.98 Å². The summed E-state index contributed by atoms with van der Waals surface area (Å²) in [7, 11) is 0. The molecule has 0 radical (unpaired) electrons. The highest BCUT2D eigenvalue weighted by Crippen LogP contribution is 2.21. The molecule has 0 bridgehead atoms. The van der Waals surface area contributed by atoms with Crippen molar-refractivity contribution in [1.82, 2.24) is 9.88 Å². The lowest BCUT2D eigenvalue weighted by molar-refractivity contribution is -0.134. The third-order valence-electron chi connectivity index (χ3n) is 4.56. The topological polar surface area (TPSA) is 71.7 Å². The number of nitrogens with zero attached hydrogens (tertiary/aromatic N) is 3. The molecule has 1 amide bonds. The minimum absolute atomic E-state index is 0.105. The van der Waals surface area contributed by atoms with Crippen LogP contribution in [0.2, 0.25) is 0 Å². The molecule has 2 aliphatic heterocycles. The van der Waals surface area contributed by atoms with E-state index >= 15 is 0 Å². The van der Waals surface area contributed by atoms with Crippen molar-refractivity contribution < 1.29 is 9.53 Å². The number of anilines is 1. The zero-order chi connectivity index (χ0) is 15.4. The molecule has 6 nitrogen and oxygen atoms in total. The molecule has 3 rings (SSSR count). The molecule has 1 aromatic heterocycles. The summed E-state index contributed by atoms with van der Waals surface area (Å²) >= 11 is 1.65. The molecule has 1 aromatic rings. The summed E-state index contributed by atoms with van der Waals surface area (Å²) in [6.07, 6.45) is 4.58. The number of hydrogen-bond acceptors (Lipinski definition) is 6. The van der Waals surface area contributed by atoms with Crippen molar-refractivity contribution in [3.8, 4) is 0 Å². The van der Waals surface area contributed by atoms with Gasteiger partial charge in [0.25, 0.3) is 0 Å². The van der Waals surface area contributed by atoms with Crippen LogP contribution in [0, 0.1) is 5.92 Å². The Labute approximate surface area is 135 Å². The van der Waals surface area contributed by atoms with Crippen LogP contribution in [0.25, 0.3) is 0 Å². The van der Waals surface area contributed by atoms with Gasteiger partial charge in [-0.1, -0.05) is 0 Å². The maximum absolute atomic E-state index is 12.7. The summed E-state index contributed by atoms with van der Waals surface area (Å²) in [5.74, 6) is 0.368. The molecule has 7 heteroatoms. The molecule has 0 aromatic carbocycles. The summed E-state index contributed by atoms with van der Waals surface area (Å²) < 4.78 is 5.36. The molecular weight excluding hydrogens is 300 g/mol. The first-order chi connectivity index (χ1) is 10.8. The Kier molecular flexibility index (Phi) is 5.28. The van der Waals surface area contributed by atoms with Crippen LogP contribution in [0.3, 0.4) is 0 Å². The second-order valence-corrected chi connectivity index (χ2v) is 6.83. The van der Waals surface area contributed by atoms with Crippen molar-refractivity contribution in [2.75, 3.05) is 44.3 Å². The zero-order valence-corrected chi connectivity index (χ0v) is 13.6. The number of nitrogens with two attached hydrogens (primary N) is 1. The van der Waals surface area contributed by atoms with Crippen molar-refractivity contribution in [2.24, 2.45) is 11.7 Å². The highest BCUT2D eigenvalue weighted by atomic mass is 32.1. The Morgan fingerprint density at radius 2 is 2.14 bits per heavy atom. The van der Waals surface area contributed by atoms with Crippen LogP contribution in [-0.2, 0) is 9.53 Å². The number of hydrogen-bond donors (Lipinski definition) is 1. The Morgan fingerprint density at radius 1 is 1.32 bits per heavy atom. The first kappa shape index (κ1) is 15.7. The summed E-state index contributed by atoms with van der Waals surface area (Å²) in [6, 6.07) is -0.379.